The molecule has 0 fully saturated rings. The number of nitrogens with one attached hydrogen (secondary N) is 2. The van der Waals surface area contributed by atoms with E-state index in [1.54, 1.807) is 24.3 Å². The fourth-order valence-electron chi connectivity index (χ4n) is 2.57. The van der Waals surface area contributed by atoms with E-state index in [9.17, 15) is 4.79 Å². The third kappa shape index (κ3) is 5.04. The lowest BCUT2D eigenvalue weighted by Crippen LogP contribution is -2.15. The molecule has 0 radical (unpaired) electrons. The van der Waals surface area contributed by atoms with E-state index in [4.69, 9.17) is 4.74 Å². The van der Waals surface area contributed by atoms with Crippen molar-refractivity contribution in [3.63, 3.8) is 0 Å². The molecule has 0 spiro atoms. The normalized spacial score (nSPS) is 11.5. The molecule has 1 aromatic heterocycles. The standard InChI is InChI=1S/C21H22N4O2/c1-3-27-18-11-9-17(10-12-18)23-21(26)19-13-14-20(25-24-19)22-15(2)16-7-5-4-6-8-16/h4-15H,3H2,1-2H3,(H,22,25)(H,23,26). The Kier molecular flexibility index (Phi) is 5.99. The number of hydrogen-bond donors (Lipinski definition) is 2. The predicted octanol–water partition coefficient (Wildman–Crippen LogP) is 4.30. The van der Waals surface area contributed by atoms with Crippen LogP contribution in [-0.4, -0.2) is 22.7 Å². The van der Waals surface area contributed by atoms with Gasteiger partial charge in [-0.1, -0.05) is 30.3 Å². The molecule has 0 saturated heterocycles. The van der Waals surface area contributed by atoms with Crippen LogP contribution in [0.4, 0.5) is 11.5 Å². The summed E-state index contributed by atoms with van der Waals surface area (Å²) < 4.78 is 5.39. The molecule has 1 heterocycles. The topological polar surface area (TPSA) is 76.1 Å². The molecule has 0 saturated carbocycles. The first-order valence-electron chi connectivity index (χ1n) is 8.85. The monoisotopic (exact) mass is 362 g/mol. The van der Waals surface area contributed by atoms with E-state index < -0.39 is 0 Å². The van der Waals surface area contributed by atoms with E-state index in [1.165, 1.54) is 0 Å². The van der Waals surface area contributed by atoms with Gasteiger partial charge in [-0.2, -0.15) is 0 Å². The molecule has 0 aliphatic heterocycles. The first-order valence-corrected chi connectivity index (χ1v) is 8.85. The van der Waals surface area contributed by atoms with Crippen LogP contribution in [0.3, 0.4) is 0 Å². The Morgan fingerprint density at radius 2 is 1.74 bits per heavy atom. The summed E-state index contributed by atoms with van der Waals surface area (Å²) in [5, 5.41) is 14.2. The van der Waals surface area contributed by atoms with Crippen molar-refractivity contribution >= 4 is 17.4 Å². The van der Waals surface area contributed by atoms with Gasteiger partial charge in [0.25, 0.3) is 5.91 Å². The van der Waals surface area contributed by atoms with Gasteiger partial charge in [-0.05, 0) is 55.8 Å². The highest BCUT2D eigenvalue weighted by molar-refractivity contribution is 6.02. The Balaban J connectivity index is 1.60. The summed E-state index contributed by atoms with van der Waals surface area (Å²) in [4.78, 5) is 12.3. The number of hydrogen-bond acceptors (Lipinski definition) is 5. The molecular formula is C21H22N4O2. The van der Waals surface area contributed by atoms with Crippen molar-refractivity contribution in [2.45, 2.75) is 19.9 Å². The average molecular weight is 362 g/mol. The highest BCUT2D eigenvalue weighted by atomic mass is 16.5. The summed E-state index contributed by atoms with van der Waals surface area (Å²) >= 11 is 0. The summed E-state index contributed by atoms with van der Waals surface area (Å²) in [6, 6.07) is 20.7. The van der Waals surface area contributed by atoms with Crippen LogP contribution in [0.1, 0.15) is 35.9 Å². The first-order chi connectivity index (χ1) is 13.2. The van der Waals surface area contributed by atoms with Crippen LogP contribution < -0.4 is 15.4 Å². The zero-order valence-corrected chi connectivity index (χ0v) is 15.3. The zero-order valence-electron chi connectivity index (χ0n) is 15.3. The summed E-state index contributed by atoms with van der Waals surface area (Å²) in [6.07, 6.45) is 0. The van der Waals surface area contributed by atoms with E-state index in [0.29, 0.717) is 18.1 Å². The fourth-order valence-corrected chi connectivity index (χ4v) is 2.57. The lowest BCUT2D eigenvalue weighted by atomic mass is 10.1. The Hall–Kier alpha value is -3.41. The highest BCUT2D eigenvalue weighted by Gasteiger charge is 2.10. The second-order valence-electron chi connectivity index (χ2n) is 5.99. The summed E-state index contributed by atoms with van der Waals surface area (Å²) in [7, 11) is 0. The summed E-state index contributed by atoms with van der Waals surface area (Å²) in [6.45, 7) is 4.57. The number of rotatable bonds is 7. The molecule has 1 unspecified atom stereocenters. The van der Waals surface area contributed by atoms with Gasteiger partial charge in [0.05, 0.1) is 6.61 Å². The van der Waals surface area contributed by atoms with Crippen LogP contribution in [0.2, 0.25) is 0 Å². The van der Waals surface area contributed by atoms with Crippen molar-refractivity contribution in [1.29, 1.82) is 0 Å². The molecule has 27 heavy (non-hydrogen) atoms. The molecule has 2 N–H and O–H groups in total. The van der Waals surface area contributed by atoms with Crippen molar-refractivity contribution in [3.8, 4) is 5.75 Å². The maximum atomic E-state index is 12.3. The first kappa shape index (κ1) is 18.4. The third-order valence-electron chi connectivity index (χ3n) is 3.98. The largest absolute Gasteiger partial charge is 0.494 e. The summed E-state index contributed by atoms with van der Waals surface area (Å²) in [5.74, 6) is 1.07. The summed E-state index contributed by atoms with van der Waals surface area (Å²) in [5.41, 5.74) is 2.07. The van der Waals surface area contributed by atoms with Gasteiger partial charge < -0.3 is 15.4 Å². The number of carbonyl (C=O) groups is 1. The van der Waals surface area contributed by atoms with E-state index in [1.807, 2.05) is 56.3 Å². The lowest BCUT2D eigenvalue weighted by molar-refractivity contribution is 0.102. The molecule has 0 aliphatic carbocycles. The molecule has 6 heteroatoms. The predicted molar refractivity (Wildman–Crippen MR) is 106 cm³/mol. The average Bonchev–Trinajstić information content (AvgIpc) is 2.71. The molecule has 2 aromatic carbocycles. The maximum Gasteiger partial charge on any atom is 0.276 e. The van der Waals surface area contributed by atoms with Crippen molar-refractivity contribution in [2.24, 2.45) is 0 Å². The van der Waals surface area contributed by atoms with Gasteiger partial charge in [-0.15, -0.1) is 10.2 Å². The molecule has 3 rings (SSSR count). The molecule has 0 aliphatic rings. The number of aromatic nitrogens is 2. The van der Waals surface area contributed by atoms with Crippen LogP contribution in [-0.2, 0) is 0 Å². The molecule has 3 aromatic rings. The minimum Gasteiger partial charge on any atom is -0.494 e. The van der Waals surface area contributed by atoms with E-state index in [-0.39, 0.29) is 17.6 Å². The zero-order chi connectivity index (χ0) is 19.1. The van der Waals surface area contributed by atoms with Crippen molar-refractivity contribution in [3.05, 3.63) is 78.0 Å². The van der Waals surface area contributed by atoms with Crippen molar-refractivity contribution in [1.82, 2.24) is 10.2 Å². The Morgan fingerprint density at radius 3 is 2.37 bits per heavy atom. The van der Waals surface area contributed by atoms with Crippen LogP contribution in [0, 0.1) is 0 Å². The molecule has 0 bridgehead atoms. The fraction of sp³-hybridized carbons (Fsp3) is 0.190. The van der Waals surface area contributed by atoms with Crippen LogP contribution >= 0.6 is 0 Å². The number of amides is 1. The van der Waals surface area contributed by atoms with Gasteiger partial charge in [-0.3, -0.25) is 4.79 Å². The Morgan fingerprint density at radius 1 is 1.00 bits per heavy atom. The van der Waals surface area contributed by atoms with E-state index in [0.717, 1.165) is 11.3 Å². The second-order valence-corrected chi connectivity index (χ2v) is 5.99. The molecule has 1 amide bonds. The van der Waals surface area contributed by atoms with Crippen LogP contribution in [0.25, 0.3) is 0 Å². The number of nitrogens with zero attached hydrogens (tertiary/aromatic N) is 2. The third-order valence-corrected chi connectivity index (χ3v) is 3.98. The Labute approximate surface area is 158 Å². The molecule has 6 nitrogen and oxygen atoms in total. The second kappa shape index (κ2) is 8.80. The van der Waals surface area contributed by atoms with Gasteiger partial charge in [-0.25, -0.2) is 0 Å². The number of benzene rings is 2. The number of ether oxygens (including phenoxy) is 1. The van der Waals surface area contributed by atoms with Crippen LogP contribution in [0.5, 0.6) is 5.75 Å². The quantitative estimate of drug-likeness (QED) is 0.655. The molecule has 138 valence electrons. The highest BCUT2D eigenvalue weighted by Crippen LogP contribution is 2.18. The number of anilines is 2. The SMILES string of the molecule is CCOc1ccc(NC(=O)c2ccc(NC(C)c3ccccc3)nn2)cc1. The smallest absolute Gasteiger partial charge is 0.276 e. The van der Waals surface area contributed by atoms with E-state index in [2.05, 4.69) is 20.8 Å². The lowest BCUT2D eigenvalue weighted by Gasteiger charge is -2.14. The van der Waals surface area contributed by atoms with E-state index >= 15 is 0 Å². The van der Waals surface area contributed by atoms with Crippen molar-refractivity contribution < 1.29 is 9.53 Å². The molecule has 1 atom stereocenters. The van der Waals surface area contributed by atoms with Gasteiger partial charge in [0.1, 0.15) is 11.6 Å². The number of carbonyl (C=O) groups excluding carboxylic acids is 1. The minimum absolute atomic E-state index is 0.0871. The molecular weight excluding hydrogens is 340 g/mol. The van der Waals surface area contributed by atoms with Gasteiger partial charge in [0, 0.05) is 11.7 Å². The Bertz CT molecular complexity index is 865. The van der Waals surface area contributed by atoms with Gasteiger partial charge in [0.15, 0.2) is 5.69 Å². The van der Waals surface area contributed by atoms with Crippen molar-refractivity contribution in [2.75, 3.05) is 17.2 Å². The van der Waals surface area contributed by atoms with Gasteiger partial charge in [0.2, 0.25) is 0 Å². The van der Waals surface area contributed by atoms with Crippen LogP contribution in [0.15, 0.2) is 66.7 Å². The minimum atomic E-state index is -0.311. The maximum absolute atomic E-state index is 12.3. The van der Waals surface area contributed by atoms with Gasteiger partial charge >= 0.3 is 0 Å².